The molecular formula is C16H21N3O3S. The first kappa shape index (κ1) is 16.2. The molecule has 23 heavy (non-hydrogen) atoms. The molecule has 0 saturated carbocycles. The predicted octanol–water partition coefficient (Wildman–Crippen LogP) is 1.60. The highest BCUT2D eigenvalue weighted by atomic mass is 32.2. The van der Waals surface area contributed by atoms with Crippen molar-refractivity contribution in [3.63, 3.8) is 0 Å². The van der Waals surface area contributed by atoms with Gasteiger partial charge < -0.3 is 25.4 Å². The molecular weight excluding hydrogens is 314 g/mol. The summed E-state index contributed by atoms with van der Waals surface area (Å²) in [5.74, 6) is 0.821. The monoisotopic (exact) mass is 335 g/mol. The van der Waals surface area contributed by atoms with E-state index in [-0.39, 0.29) is 5.12 Å². The lowest BCUT2D eigenvalue weighted by Gasteiger charge is -2.30. The zero-order valence-corrected chi connectivity index (χ0v) is 13.9. The molecule has 3 N–H and O–H groups in total. The summed E-state index contributed by atoms with van der Waals surface area (Å²) in [6, 6.07) is 7.03. The third-order valence-electron chi connectivity index (χ3n) is 3.74. The van der Waals surface area contributed by atoms with Gasteiger partial charge in [-0.1, -0.05) is 0 Å². The van der Waals surface area contributed by atoms with Crippen molar-refractivity contribution in [3.8, 4) is 5.75 Å². The summed E-state index contributed by atoms with van der Waals surface area (Å²) in [5, 5.41) is 4.20. The van der Waals surface area contributed by atoms with E-state index in [4.69, 9.17) is 15.2 Å². The predicted molar refractivity (Wildman–Crippen MR) is 91.2 cm³/mol. The maximum atomic E-state index is 12.0. The van der Waals surface area contributed by atoms with E-state index in [1.165, 1.54) is 11.8 Å². The van der Waals surface area contributed by atoms with Gasteiger partial charge in [-0.05, 0) is 43.0 Å². The van der Waals surface area contributed by atoms with E-state index in [9.17, 15) is 4.79 Å². The Kier molecular flexibility index (Phi) is 5.09. The Bertz CT molecular complexity index is 597. The Morgan fingerprint density at radius 2 is 2.04 bits per heavy atom. The molecule has 1 unspecified atom stereocenters. The molecule has 7 heteroatoms. The number of thioether (sulfide) groups is 1. The van der Waals surface area contributed by atoms with Gasteiger partial charge in [-0.25, -0.2) is 0 Å². The van der Waals surface area contributed by atoms with Crippen LogP contribution >= 0.6 is 11.8 Å². The molecule has 1 saturated heterocycles. The van der Waals surface area contributed by atoms with Crippen LogP contribution in [-0.4, -0.2) is 49.0 Å². The van der Waals surface area contributed by atoms with Crippen molar-refractivity contribution in [2.45, 2.75) is 13.0 Å². The number of anilines is 1. The van der Waals surface area contributed by atoms with E-state index in [0.717, 1.165) is 35.3 Å². The minimum absolute atomic E-state index is 0.0278. The Hall–Kier alpha value is -1.70. The number of morpholine rings is 1. The van der Waals surface area contributed by atoms with Crippen LogP contribution in [0.1, 0.15) is 6.92 Å². The molecule has 0 aliphatic carbocycles. The quantitative estimate of drug-likeness (QED) is 0.846. The number of nitrogens with zero attached hydrogens (tertiary/aromatic N) is 1. The van der Waals surface area contributed by atoms with E-state index in [1.54, 1.807) is 0 Å². The minimum Gasteiger partial charge on any atom is -0.494 e. The highest BCUT2D eigenvalue weighted by Crippen LogP contribution is 2.35. The molecule has 1 aromatic rings. The molecule has 0 spiro atoms. The molecule has 6 nitrogen and oxygen atoms in total. The smallest absolute Gasteiger partial charge is 0.217 e. The minimum atomic E-state index is -0.621. The van der Waals surface area contributed by atoms with E-state index < -0.39 is 6.04 Å². The topological polar surface area (TPSA) is 76.8 Å². The van der Waals surface area contributed by atoms with Gasteiger partial charge in [0.15, 0.2) is 0 Å². The molecule has 1 aromatic carbocycles. The summed E-state index contributed by atoms with van der Waals surface area (Å²) in [6.45, 7) is 5.47. The Labute approximate surface area is 140 Å². The zero-order valence-electron chi connectivity index (χ0n) is 13.1. The van der Waals surface area contributed by atoms with Crippen molar-refractivity contribution < 1.29 is 14.3 Å². The second-order valence-electron chi connectivity index (χ2n) is 5.30. The van der Waals surface area contributed by atoms with Crippen LogP contribution in [0.25, 0.3) is 0 Å². The lowest BCUT2D eigenvalue weighted by Crippen LogP contribution is -2.36. The molecule has 1 atom stereocenters. The summed E-state index contributed by atoms with van der Waals surface area (Å²) in [7, 11) is 0. The first-order chi connectivity index (χ1) is 11.2. The number of hydrogen-bond donors (Lipinski definition) is 2. The molecule has 2 aliphatic heterocycles. The summed E-state index contributed by atoms with van der Waals surface area (Å²) in [4.78, 5) is 14.2. The van der Waals surface area contributed by atoms with E-state index in [2.05, 4.69) is 10.2 Å². The fraction of sp³-hybridized carbons (Fsp3) is 0.438. The first-order valence-electron chi connectivity index (χ1n) is 7.73. The fourth-order valence-electron chi connectivity index (χ4n) is 2.55. The SMILES string of the molecule is CCOc1ccc(NC2=C(N3CCOCC3)SC(=O)C2N)cc1. The summed E-state index contributed by atoms with van der Waals surface area (Å²) in [6.07, 6.45) is 0. The van der Waals surface area contributed by atoms with Crippen molar-refractivity contribution in [1.82, 2.24) is 4.90 Å². The average molecular weight is 335 g/mol. The molecule has 0 bridgehead atoms. The number of ether oxygens (including phenoxy) is 2. The molecule has 1 fully saturated rings. The molecule has 2 heterocycles. The summed E-state index contributed by atoms with van der Waals surface area (Å²) < 4.78 is 10.8. The van der Waals surface area contributed by atoms with Crippen LogP contribution < -0.4 is 15.8 Å². The zero-order chi connectivity index (χ0) is 16.2. The maximum Gasteiger partial charge on any atom is 0.217 e. The maximum absolute atomic E-state index is 12.0. The number of carbonyl (C=O) groups excluding carboxylic acids is 1. The number of hydrogen-bond acceptors (Lipinski definition) is 7. The van der Waals surface area contributed by atoms with Gasteiger partial charge in [0.2, 0.25) is 5.12 Å². The van der Waals surface area contributed by atoms with E-state index in [0.29, 0.717) is 19.8 Å². The second kappa shape index (κ2) is 7.25. The van der Waals surface area contributed by atoms with Crippen LogP contribution in [0.3, 0.4) is 0 Å². The molecule has 0 aromatic heterocycles. The number of benzene rings is 1. The molecule has 2 aliphatic rings. The average Bonchev–Trinajstić information content (AvgIpc) is 2.86. The lowest BCUT2D eigenvalue weighted by atomic mass is 10.2. The lowest BCUT2D eigenvalue weighted by molar-refractivity contribution is -0.111. The van der Waals surface area contributed by atoms with E-state index in [1.807, 2.05) is 31.2 Å². The standard InChI is InChI=1S/C16H21N3O3S/c1-2-22-12-5-3-11(4-6-12)18-14-13(17)16(20)23-15(14)19-7-9-21-10-8-19/h3-6,13,18H,2,7-10,17H2,1H3. The van der Waals surface area contributed by atoms with Crippen LogP contribution in [-0.2, 0) is 9.53 Å². The third kappa shape index (κ3) is 3.63. The van der Waals surface area contributed by atoms with Crippen molar-refractivity contribution in [2.24, 2.45) is 5.73 Å². The Balaban J connectivity index is 1.80. The van der Waals surface area contributed by atoms with Crippen molar-refractivity contribution in [3.05, 3.63) is 35.0 Å². The Morgan fingerprint density at radius 3 is 2.70 bits per heavy atom. The highest BCUT2D eigenvalue weighted by molar-refractivity contribution is 8.17. The van der Waals surface area contributed by atoms with Gasteiger partial charge in [-0.2, -0.15) is 0 Å². The van der Waals surface area contributed by atoms with Gasteiger partial charge in [0.05, 0.1) is 25.5 Å². The molecule has 0 amide bonds. The largest absolute Gasteiger partial charge is 0.494 e. The normalized spacial score (nSPS) is 21.7. The van der Waals surface area contributed by atoms with Crippen molar-refractivity contribution >= 4 is 22.6 Å². The Morgan fingerprint density at radius 1 is 1.35 bits per heavy atom. The van der Waals surface area contributed by atoms with Crippen LogP contribution in [0.15, 0.2) is 35.0 Å². The van der Waals surface area contributed by atoms with Gasteiger partial charge >= 0.3 is 0 Å². The summed E-state index contributed by atoms with van der Waals surface area (Å²) >= 11 is 1.22. The number of nitrogens with two attached hydrogens (primary N) is 1. The first-order valence-corrected chi connectivity index (χ1v) is 8.54. The second-order valence-corrected chi connectivity index (χ2v) is 6.29. The van der Waals surface area contributed by atoms with Crippen LogP contribution in [0, 0.1) is 0 Å². The highest BCUT2D eigenvalue weighted by Gasteiger charge is 2.35. The van der Waals surface area contributed by atoms with Crippen LogP contribution in [0.4, 0.5) is 5.69 Å². The van der Waals surface area contributed by atoms with Crippen LogP contribution in [0.5, 0.6) is 5.75 Å². The van der Waals surface area contributed by atoms with Gasteiger partial charge in [0.1, 0.15) is 16.8 Å². The third-order valence-corrected chi connectivity index (χ3v) is 4.86. The van der Waals surface area contributed by atoms with E-state index >= 15 is 0 Å². The van der Waals surface area contributed by atoms with Crippen molar-refractivity contribution in [1.29, 1.82) is 0 Å². The molecule has 0 radical (unpaired) electrons. The summed E-state index contributed by atoms with van der Waals surface area (Å²) in [5.41, 5.74) is 7.73. The fourth-order valence-corrected chi connectivity index (χ4v) is 3.59. The van der Waals surface area contributed by atoms with Gasteiger partial charge in [0.25, 0.3) is 0 Å². The van der Waals surface area contributed by atoms with Crippen molar-refractivity contribution in [2.75, 3.05) is 38.2 Å². The van der Waals surface area contributed by atoms with Gasteiger partial charge in [-0.3, -0.25) is 4.79 Å². The molecule has 124 valence electrons. The van der Waals surface area contributed by atoms with Gasteiger partial charge in [0, 0.05) is 18.8 Å². The number of nitrogens with one attached hydrogen (secondary N) is 1. The molecule has 3 rings (SSSR count). The number of rotatable bonds is 5. The van der Waals surface area contributed by atoms with Crippen LogP contribution in [0.2, 0.25) is 0 Å². The number of carbonyl (C=O) groups is 1. The van der Waals surface area contributed by atoms with Gasteiger partial charge in [-0.15, -0.1) is 0 Å².